The van der Waals surface area contributed by atoms with Gasteiger partial charge in [0.15, 0.2) is 0 Å². The standard InChI is InChI=1S/C16H20N4O2/c1-12-10-14(19(2)18-12)16(22)20(9-8-15(17)21)11-13-6-4-3-5-7-13/h3-7,10H,8-9,11H2,1-2H3,(H2,17,21). The zero-order chi connectivity index (χ0) is 16.1. The van der Waals surface area contributed by atoms with Crippen LogP contribution in [0.4, 0.5) is 0 Å². The number of primary amides is 1. The molecule has 6 nitrogen and oxygen atoms in total. The Balaban J connectivity index is 2.21. The van der Waals surface area contributed by atoms with Crippen molar-refractivity contribution in [1.29, 1.82) is 0 Å². The van der Waals surface area contributed by atoms with Crippen molar-refractivity contribution in [2.24, 2.45) is 12.8 Å². The zero-order valence-electron chi connectivity index (χ0n) is 12.8. The zero-order valence-corrected chi connectivity index (χ0v) is 12.8. The van der Waals surface area contributed by atoms with Gasteiger partial charge in [-0.1, -0.05) is 30.3 Å². The average Bonchev–Trinajstić information content (AvgIpc) is 2.82. The van der Waals surface area contributed by atoms with Crippen molar-refractivity contribution < 1.29 is 9.59 Å². The summed E-state index contributed by atoms with van der Waals surface area (Å²) in [4.78, 5) is 25.4. The normalized spacial score (nSPS) is 10.5. The van der Waals surface area contributed by atoms with Gasteiger partial charge in [0.2, 0.25) is 5.91 Å². The number of benzene rings is 1. The van der Waals surface area contributed by atoms with Crippen molar-refractivity contribution in [3.63, 3.8) is 0 Å². The summed E-state index contributed by atoms with van der Waals surface area (Å²) in [5.41, 5.74) is 7.49. The largest absolute Gasteiger partial charge is 0.370 e. The summed E-state index contributed by atoms with van der Waals surface area (Å²) in [7, 11) is 1.73. The van der Waals surface area contributed by atoms with Gasteiger partial charge in [-0.25, -0.2) is 0 Å². The number of hydrogen-bond donors (Lipinski definition) is 1. The number of aryl methyl sites for hydroxylation is 2. The number of carbonyl (C=O) groups excluding carboxylic acids is 2. The van der Waals surface area contributed by atoms with Crippen LogP contribution in [-0.4, -0.2) is 33.0 Å². The topological polar surface area (TPSA) is 81.2 Å². The van der Waals surface area contributed by atoms with E-state index in [0.29, 0.717) is 12.2 Å². The lowest BCUT2D eigenvalue weighted by atomic mass is 10.2. The number of rotatable bonds is 6. The highest BCUT2D eigenvalue weighted by atomic mass is 16.2. The van der Waals surface area contributed by atoms with Gasteiger partial charge < -0.3 is 10.6 Å². The van der Waals surface area contributed by atoms with Crippen molar-refractivity contribution in [3.8, 4) is 0 Å². The highest BCUT2D eigenvalue weighted by molar-refractivity contribution is 5.93. The first kappa shape index (κ1) is 15.8. The summed E-state index contributed by atoms with van der Waals surface area (Å²) in [6.07, 6.45) is 0.134. The SMILES string of the molecule is Cc1cc(C(=O)N(CCC(N)=O)Cc2ccccc2)n(C)n1. The molecule has 6 heteroatoms. The number of hydrogen-bond acceptors (Lipinski definition) is 3. The smallest absolute Gasteiger partial charge is 0.272 e. The van der Waals surface area contributed by atoms with Gasteiger partial charge in [-0.3, -0.25) is 14.3 Å². The van der Waals surface area contributed by atoms with Crippen molar-refractivity contribution in [3.05, 3.63) is 53.3 Å². The maximum absolute atomic E-state index is 12.7. The van der Waals surface area contributed by atoms with Crippen molar-refractivity contribution in [1.82, 2.24) is 14.7 Å². The van der Waals surface area contributed by atoms with Crippen LogP contribution in [0, 0.1) is 6.92 Å². The molecule has 0 aliphatic rings. The van der Waals surface area contributed by atoms with Gasteiger partial charge in [0, 0.05) is 26.6 Å². The minimum atomic E-state index is -0.424. The lowest BCUT2D eigenvalue weighted by Gasteiger charge is -2.22. The first-order chi connectivity index (χ1) is 10.5. The lowest BCUT2D eigenvalue weighted by Crippen LogP contribution is -2.34. The quantitative estimate of drug-likeness (QED) is 0.871. The highest BCUT2D eigenvalue weighted by Gasteiger charge is 2.20. The van der Waals surface area contributed by atoms with Gasteiger partial charge >= 0.3 is 0 Å². The molecule has 2 aromatic rings. The molecule has 2 N–H and O–H groups in total. The fourth-order valence-electron chi connectivity index (χ4n) is 2.27. The Bertz CT molecular complexity index is 664. The maximum atomic E-state index is 12.7. The molecule has 0 unspecified atom stereocenters. The van der Waals surface area contributed by atoms with Crippen molar-refractivity contribution in [2.45, 2.75) is 19.9 Å². The second-order valence-corrected chi connectivity index (χ2v) is 5.22. The number of carbonyl (C=O) groups is 2. The fraction of sp³-hybridized carbons (Fsp3) is 0.312. The Morgan fingerprint density at radius 3 is 2.50 bits per heavy atom. The highest BCUT2D eigenvalue weighted by Crippen LogP contribution is 2.11. The van der Waals surface area contributed by atoms with Crippen LogP contribution in [0.25, 0.3) is 0 Å². The molecule has 0 spiro atoms. The molecule has 1 heterocycles. The van der Waals surface area contributed by atoms with Crippen molar-refractivity contribution in [2.75, 3.05) is 6.54 Å². The molecule has 0 radical (unpaired) electrons. The van der Waals surface area contributed by atoms with E-state index in [1.807, 2.05) is 37.3 Å². The number of amides is 2. The van der Waals surface area contributed by atoms with Crippen LogP contribution in [-0.2, 0) is 18.4 Å². The van der Waals surface area contributed by atoms with Gasteiger partial charge in [-0.15, -0.1) is 0 Å². The van der Waals surface area contributed by atoms with Crippen LogP contribution in [0.1, 0.15) is 28.2 Å². The molecule has 22 heavy (non-hydrogen) atoms. The molecule has 0 atom stereocenters. The summed E-state index contributed by atoms with van der Waals surface area (Å²) in [5, 5.41) is 4.19. The van der Waals surface area contributed by atoms with Gasteiger partial charge in [0.1, 0.15) is 5.69 Å². The predicted molar refractivity (Wildman–Crippen MR) is 82.9 cm³/mol. The van der Waals surface area contributed by atoms with Gasteiger partial charge in [0.25, 0.3) is 5.91 Å². The van der Waals surface area contributed by atoms with Crippen LogP contribution >= 0.6 is 0 Å². The van der Waals surface area contributed by atoms with Crippen LogP contribution in [0.3, 0.4) is 0 Å². The molecule has 0 aliphatic carbocycles. The molecule has 1 aromatic carbocycles. The van der Waals surface area contributed by atoms with Gasteiger partial charge in [0.05, 0.1) is 5.69 Å². The van der Waals surface area contributed by atoms with E-state index in [-0.39, 0.29) is 18.9 Å². The van der Waals surface area contributed by atoms with E-state index in [4.69, 9.17) is 5.73 Å². The number of nitrogens with two attached hydrogens (primary N) is 1. The molecule has 116 valence electrons. The third kappa shape index (κ3) is 3.94. The summed E-state index contributed by atoms with van der Waals surface area (Å²) in [6, 6.07) is 11.4. The average molecular weight is 300 g/mol. The molecule has 0 fully saturated rings. The minimum Gasteiger partial charge on any atom is -0.370 e. The summed E-state index contributed by atoms with van der Waals surface area (Å²) in [5.74, 6) is -0.583. The van der Waals surface area contributed by atoms with Crippen LogP contribution < -0.4 is 5.73 Å². The molecular weight excluding hydrogens is 280 g/mol. The Morgan fingerprint density at radius 1 is 1.27 bits per heavy atom. The van der Waals surface area contributed by atoms with Gasteiger partial charge in [-0.2, -0.15) is 5.10 Å². The fourth-order valence-corrected chi connectivity index (χ4v) is 2.27. The molecule has 0 bridgehead atoms. The van der Waals surface area contributed by atoms with E-state index in [9.17, 15) is 9.59 Å². The minimum absolute atomic E-state index is 0.134. The summed E-state index contributed by atoms with van der Waals surface area (Å²) >= 11 is 0. The second-order valence-electron chi connectivity index (χ2n) is 5.22. The first-order valence-electron chi connectivity index (χ1n) is 7.09. The Morgan fingerprint density at radius 2 is 1.95 bits per heavy atom. The summed E-state index contributed by atoms with van der Waals surface area (Å²) in [6.45, 7) is 2.55. The van der Waals surface area contributed by atoms with E-state index < -0.39 is 5.91 Å². The van der Waals surface area contributed by atoms with E-state index in [0.717, 1.165) is 11.3 Å². The molecule has 2 amide bonds. The van der Waals surface area contributed by atoms with E-state index in [2.05, 4.69) is 5.10 Å². The van der Waals surface area contributed by atoms with Crippen molar-refractivity contribution >= 4 is 11.8 Å². The molecule has 1 aromatic heterocycles. The number of aromatic nitrogens is 2. The van der Waals surface area contributed by atoms with E-state index in [1.54, 1.807) is 22.7 Å². The molecule has 0 saturated heterocycles. The Labute approximate surface area is 129 Å². The molecule has 0 aliphatic heterocycles. The number of nitrogens with zero attached hydrogens (tertiary/aromatic N) is 3. The molecule has 2 rings (SSSR count). The lowest BCUT2D eigenvalue weighted by molar-refractivity contribution is -0.118. The Kier molecular flexibility index (Phi) is 4.93. The van der Waals surface area contributed by atoms with Gasteiger partial charge in [-0.05, 0) is 18.6 Å². The molecular formula is C16H20N4O2. The van der Waals surface area contributed by atoms with E-state index >= 15 is 0 Å². The monoisotopic (exact) mass is 300 g/mol. The first-order valence-corrected chi connectivity index (χ1v) is 7.09. The third-order valence-electron chi connectivity index (χ3n) is 3.35. The van der Waals surface area contributed by atoms with Crippen LogP contribution in [0.2, 0.25) is 0 Å². The molecule has 0 saturated carbocycles. The second kappa shape index (κ2) is 6.89. The van der Waals surface area contributed by atoms with Crippen LogP contribution in [0.5, 0.6) is 0 Å². The Hall–Kier alpha value is -2.63. The van der Waals surface area contributed by atoms with Crippen LogP contribution in [0.15, 0.2) is 36.4 Å². The predicted octanol–water partition coefficient (Wildman–Crippen LogP) is 1.25. The summed E-state index contributed by atoms with van der Waals surface area (Å²) < 4.78 is 1.56. The maximum Gasteiger partial charge on any atom is 0.272 e. The van der Waals surface area contributed by atoms with E-state index in [1.165, 1.54) is 0 Å². The third-order valence-corrected chi connectivity index (χ3v) is 3.35.